The molecule has 0 spiro atoms. The molecule has 5 nitrogen and oxygen atoms in total. The predicted octanol–water partition coefficient (Wildman–Crippen LogP) is 2.67. The average Bonchev–Trinajstić information content (AvgIpc) is 2.33. The first kappa shape index (κ1) is 16.3. The third kappa shape index (κ3) is 3.87. The number of hydrogen-bond acceptors (Lipinski definition) is 3. The number of carboxylic acids is 1. The van der Waals surface area contributed by atoms with Crippen molar-refractivity contribution in [3.05, 3.63) is 28.8 Å². The predicted molar refractivity (Wildman–Crippen MR) is 76.4 cm³/mol. The molecule has 6 heteroatoms. The molecule has 0 radical (unpaired) electrons. The molecule has 0 aliphatic carbocycles. The zero-order valence-corrected chi connectivity index (χ0v) is 12.7. The van der Waals surface area contributed by atoms with Gasteiger partial charge in [-0.2, -0.15) is 0 Å². The molecule has 0 heterocycles. The van der Waals surface area contributed by atoms with Gasteiger partial charge in [0.1, 0.15) is 12.3 Å². The molecule has 0 saturated carbocycles. The van der Waals surface area contributed by atoms with E-state index in [1.807, 2.05) is 0 Å². The molecule has 0 saturated heterocycles. The second kappa shape index (κ2) is 6.13. The van der Waals surface area contributed by atoms with Crippen molar-refractivity contribution < 1.29 is 19.4 Å². The maximum atomic E-state index is 12.6. The minimum absolute atomic E-state index is 0.285. The fourth-order valence-electron chi connectivity index (χ4n) is 1.74. The highest BCUT2D eigenvalue weighted by Gasteiger charge is 2.30. The number of ether oxygens (including phenoxy) is 1. The molecule has 20 heavy (non-hydrogen) atoms. The van der Waals surface area contributed by atoms with Crippen molar-refractivity contribution in [1.82, 2.24) is 4.90 Å². The van der Waals surface area contributed by atoms with Crippen LogP contribution in [0.5, 0.6) is 5.75 Å². The standard InChI is InChI=1S/C14H18ClNO4/c1-14(2,3)16(8-12(17)18)13(19)10-6-5-9(15)7-11(10)20-4/h5-7H,8H2,1-4H3,(H,17,18). The quantitative estimate of drug-likeness (QED) is 0.928. The highest BCUT2D eigenvalue weighted by Crippen LogP contribution is 2.26. The summed E-state index contributed by atoms with van der Waals surface area (Å²) in [7, 11) is 1.43. The summed E-state index contributed by atoms with van der Waals surface area (Å²) < 4.78 is 5.14. The second-order valence-corrected chi connectivity index (χ2v) is 5.74. The molecule has 0 unspecified atom stereocenters. The molecule has 0 aromatic heterocycles. The summed E-state index contributed by atoms with van der Waals surface area (Å²) in [6, 6.07) is 4.62. The van der Waals surface area contributed by atoms with Gasteiger partial charge in [-0.3, -0.25) is 9.59 Å². The van der Waals surface area contributed by atoms with Crippen LogP contribution in [0.4, 0.5) is 0 Å². The fraction of sp³-hybridized carbons (Fsp3) is 0.429. The molecule has 1 amide bonds. The lowest BCUT2D eigenvalue weighted by molar-refractivity contribution is -0.138. The fourth-order valence-corrected chi connectivity index (χ4v) is 1.90. The van der Waals surface area contributed by atoms with Crippen LogP contribution in [0.3, 0.4) is 0 Å². The molecule has 0 fully saturated rings. The Morgan fingerprint density at radius 1 is 1.35 bits per heavy atom. The Hall–Kier alpha value is -1.75. The van der Waals surface area contributed by atoms with E-state index in [2.05, 4.69) is 0 Å². The van der Waals surface area contributed by atoms with E-state index in [4.69, 9.17) is 21.4 Å². The first-order valence-electron chi connectivity index (χ1n) is 6.04. The van der Waals surface area contributed by atoms with Crippen LogP contribution in [0.1, 0.15) is 31.1 Å². The molecule has 110 valence electrons. The van der Waals surface area contributed by atoms with Gasteiger partial charge in [0, 0.05) is 10.6 Å². The summed E-state index contributed by atoms with van der Waals surface area (Å²) >= 11 is 5.86. The summed E-state index contributed by atoms with van der Waals surface area (Å²) in [5.41, 5.74) is -0.340. The number of amides is 1. The van der Waals surface area contributed by atoms with E-state index in [1.165, 1.54) is 24.1 Å². The van der Waals surface area contributed by atoms with Gasteiger partial charge in [0.05, 0.1) is 12.7 Å². The number of carboxylic acid groups (broad SMARTS) is 1. The largest absolute Gasteiger partial charge is 0.496 e. The Morgan fingerprint density at radius 3 is 2.40 bits per heavy atom. The maximum Gasteiger partial charge on any atom is 0.323 e. The number of benzene rings is 1. The van der Waals surface area contributed by atoms with Crippen LogP contribution < -0.4 is 4.74 Å². The van der Waals surface area contributed by atoms with Crippen molar-refractivity contribution in [2.45, 2.75) is 26.3 Å². The highest BCUT2D eigenvalue weighted by molar-refractivity contribution is 6.30. The third-order valence-electron chi connectivity index (χ3n) is 2.74. The van der Waals surface area contributed by atoms with E-state index in [0.29, 0.717) is 10.8 Å². The topological polar surface area (TPSA) is 66.8 Å². The van der Waals surface area contributed by atoms with E-state index in [9.17, 15) is 9.59 Å². The summed E-state index contributed by atoms with van der Waals surface area (Å²) in [4.78, 5) is 24.8. The van der Waals surface area contributed by atoms with Crippen molar-refractivity contribution in [3.8, 4) is 5.75 Å². The minimum Gasteiger partial charge on any atom is -0.496 e. The number of rotatable bonds is 4. The van der Waals surface area contributed by atoms with Crippen LogP contribution in [0.25, 0.3) is 0 Å². The zero-order valence-electron chi connectivity index (χ0n) is 11.9. The summed E-state index contributed by atoms with van der Waals surface area (Å²) in [6.45, 7) is 4.94. The molecule has 0 aliphatic heterocycles. The van der Waals surface area contributed by atoms with Crippen molar-refractivity contribution >= 4 is 23.5 Å². The Labute approximate surface area is 123 Å². The monoisotopic (exact) mass is 299 g/mol. The Bertz CT molecular complexity index is 522. The molecule has 1 rings (SSSR count). The minimum atomic E-state index is -1.07. The summed E-state index contributed by atoms with van der Waals surface area (Å²) in [6.07, 6.45) is 0. The zero-order chi connectivity index (χ0) is 15.5. The van der Waals surface area contributed by atoms with Crippen LogP contribution in [0, 0.1) is 0 Å². The maximum absolute atomic E-state index is 12.6. The number of aliphatic carboxylic acids is 1. The first-order valence-corrected chi connectivity index (χ1v) is 6.42. The molecular formula is C14H18ClNO4. The number of carbonyl (C=O) groups excluding carboxylic acids is 1. The molecular weight excluding hydrogens is 282 g/mol. The number of hydrogen-bond donors (Lipinski definition) is 1. The number of methoxy groups -OCH3 is 1. The van der Waals surface area contributed by atoms with Crippen molar-refractivity contribution in [3.63, 3.8) is 0 Å². The van der Waals surface area contributed by atoms with Gasteiger partial charge in [-0.25, -0.2) is 0 Å². The SMILES string of the molecule is COc1cc(Cl)ccc1C(=O)N(CC(=O)O)C(C)(C)C. The van der Waals surface area contributed by atoms with E-state index in [0.717, 1.165) is 0 Å². The highest BCUT2D eigenvalue weighted by atomic mass is 35.5. The third-order valence-corrected chi connectivity index (χ3v) is 2.98. The van der Waals surface area contributed by atoms with Crippen LogP contribution >= 0.6 is 11.6 Å². The van der Waals surface area contributed by atoms with Gasteiger partial charge in [0.15, 0.2) is 0 Å². The lowest BCUT2D eigenvalue weighted by Crippen LogP contribution is -2.48. The number of nitrogens with zero attached hydrogens (tertiary/aromatic N) is 1. The van der Waals surface area contributed by atoms with Crippen molar-refractivity contribution in [2.75, 3.05) is 13.7 Å². The normalized spacial score (nSPS) is 11.1. The lowest BCUT2D eigenvalue weighted by Gasteiger charge is -2.34. The van der Waals surface area contributed by atoms with Gasteiger partial charge in [-0.1, -0.05) is 11.6 Å². The lowest BCUT2D eigenvalue weighted by atomic mass is 10.0. The van der Waals surface area contributed by atoms with Crippen molar-refractivity contribution in [2.24, 2.45) is 0 Å². The Morgan fingerprint density at radius 2 is 1.95 bits per heavy atom. The molecule has 1 aromatic rings. The Balaban J connectivity index is 3.22. The van der Waals surface area contributed by atoms with E-state index in [1.54, 1.807) is 26.8 Å². The van der Waals surface area contributed by atoms with Gasteiger partial charge in [0.2, 0.25) is 0 Å². The first-order chi connectivity index (χ1) is 9.16. The average molecular weight is 300 g/mol. The summed E-state index contributed by atoms with van der Waals surface area (Å²) in [5, 5.41) is 9.41. The smallest absolute Gasteiger partial charge is 0.323 e. The van der Waals surface area contributed by atoms with E-state index < -0.39 is 17.4 Å². The van der Waals surface area contributed by atoms with Gasteiger partial charge in [0.25, 0.3) is 5.91 Å². The molecule has 1 N–H and O–H groups in total. The van der Waals surface area contributed by atoms with Gasteiger partial charge in [-0.05, 0) is 39.0 Å². The Kier molecular flexibility index (Phi) is 5.00. The molecule has 0 aliphatic rings. The van der Waals surface area contributed by atoms with Crippen LogP contribution in [0.15, 0.2) is 18.2 Å². The van der Waals surface area contributed by atoms with Gasteiger partial charge in [-0.15, -0.1) is 0 Å². The molecule has 1 aromatic carbocycles. The number of carbonyl (C=O) groups is 2. The van der Waals surface area contributed by atoms with Crippen LogP contribution in [-0.4, -0.2) is 41.1 Å². The van der Waals surface area contributed by atoms with Crippen molar-refractivity contribution in [1.29, 1.82) is 0 Å². The molecule has 0 atom stereocenters. The summed E-state index contributed by atoms with van der Waals surface area (Å²) in [5.74, 6) is -1.16. The van der Waals surface area contributed by atoms with E-state index in [-0.39, 0.29) is 12.1 Å². The second-order valence-electron chi connectivity index (χ2n) is 5.30. The van der Waals surface area contributed by atoms with Crippen LogP contribution in [0.2, 0.25) is 5.02 Å². The molecule has 0 bridgehead atoms. The van der Waals surface area contributed by atoms with Crippen LogP contribution in [-0.2, 0) is 4.79 Å². The number of halogens is 1. The van der Waals surface area contributed by atoms with Gasteiger partial charge < -0.3 is 14.7 Å². The van der Waals surface area contributed by atoms with Gasteiger partial charge >= 0.3 is 5.97 Å². The van der Waals surface area contributed by atoms with E-state index >= 15 is 0 Å².